The summed E-state index contributed by atoms with van der Waals surface area (Å²) in [6.45, 7) is 4.74. The van der Waals surface area contributed by atoms with Crippen LogP contribution in [0, 0.1) is 17.8 Å². The Morgan fingerprint density at radius 1 is 1.35 bits per heavy atom. The molecule has 2 aliphatic heterocycles. The number of hydrogen-bond donors (Lipinski definition) is 2. The number of likely N-dealkylation sites (tertiary alicyclic amines) is 1. The lowest BCUT2D eigenvalue weighted by Crippen LogP contribution is -2.46. The van der Waals surface area contributed by atoms with Crippen molar-refractivity contribution in [1.29, 1.82) is 0 Å². The van der Waals surface area contributed by atoms with Gasteiger partial charge in [-0.3, -0.25) is 9.59 Å². The molecule has 2 amide bonds. The van der Waals surface area contributed by atoms with Crippen LogP contribution >= 0.6 is 0 Å². The van der Waals surface area contributed by atoms with E-state index < -0.39 is 0 Å². The molecule has 2 atom stereocenters. The van der Waals surface area contributed by atoms with E-state index in [4.69, 9.17) is 0 Å². The molecular formula is C15H23N3O2. The Balaban J connectivity index is 1.76. The molecule has 2 saturated heterocycles. The molecule has 0 radical (unpaired) electrons. The number of nitrogens with one attached hydrogen (secondary N) is 2. The average molecular weight is 277 g/mol. The number of rotatable bonds is 3. The zero-order chi connectivity index (χ0) is 14.4. The van der Waals surface area contributed by atoms with Crippen LogP contribution in [0.15, 0.2) is 0 Å². The van der Waals surface area contributed by atoms with Gasteiger partial charge in [-0.15, -0.1) is 0 Å². The highest BCUT2D eigenvalue weighted by molar-refractivity contribution is 5.93. The van der Waals surface area contributed by atoms with Crippen molar-refractivity contribution in [3.8, 4) is 11.8 Å². The summed E-state index contributed by atoms with van der Waals surface area (Å²) in [5.74, 6) is 5.58. The Morgan fingerprint density at radius 3 is 2.90 bits per heavy atom. The molecule has 0 bridgehead atoms. The molecule has 5 nitrogen and oxygen atoms in total. The summed E-state index contributed by atoms with van der Waals surface area (Å²) in [7, 11) is 0. The van der Waals surface area contributed by atoms with Gasteiger partial charge in [-0.2, -0.15) is 0 Å². The highest BCUT2D eigenvalue weighted by Gasteiger charge is 2.25. The summed E-state index contributed by atoms with van der Waals surface area (Å²) in [5.41, 5.74) is 0. The van der Waals surface area contributed by atoms with Crippen molar-refractivity contribution in [2.75, 3.05) is 26.2 Å². The van der Waals surface area contributed by atoms with E-state index in [2.05, 4.69) is 22.5 Å². The summed E-state index contributed by atoms with van der Waals surface area (Å²) < 4.78 is 0. The van der Waals surface area contributed by atoms with Crippen LogP contribution < -0.4 is 10.6 Å². The molecule has 110 valence electrons. The molecule has 0 spiro atoms. The number of amides is 2. The predicted molar refractivity (Wildman–Crippen MR) is 76.8 cm³/mol. The van der Waals surface area contributed by atoms with Crippen LogP contribution in [0.3, 0.4) is 0 Å². The van der Waals surface area contributed by atoms with Crippen molar-refractivity contribution in [3.05, 3.63) is 0 Å². The van der Waals surface area contributed by atoms with Crippen molar-refractivity contribution < 1.29 is 9.59 Å². The van der Waals surface area contributed by atoms with E-state index in [9.17, 15) is 9.59 Å². The number of carbonyl (C=O) groups is 2. The monoisotopic (exact) mass is 277 g/mol. The average Bonchev–Trinajstić information content (AvgIpc) is 2.99. The molecule has 2 heterocycles. The fourth-order valence-electron chi connectivity index (χ4n) is 2.88. The second-order valence-corrected chi connectivity index (χ2v) is 5.53. The third-order valence-corrected chi connectivity index (χ3v) is 3.98. The van der Waals surface area contributed by atoms with Crippen LogP contribution in [0.5, 0.6) is 0 Å². The van der Waals surface area contributed by atoms with Gasteiger partial charge < -0.3 is 15.5 Å². The van der Waals surface area contributed by atoms with E-state index in [1.165, 1.54) is 0 Å². The predicted octanol–water partition coefficient (Wildman–Crippen LogP) is 0.117. The zero-order valence-electron chi connectivity index (χ0n) is 12.1. The summed E-state index contributed by atoms with van der Waals surface area (Å²) in [5, 5.41) is 6.20. The van der Waals surface area contributed by atoms with Crippen molar-refractivity contribution in [2.24, 2.45) is 5.92 Å². The van der Waals surface area contributed by atoms with Gasteiger partial charge in [-0.1, -0.05) is 5.92 Å². The molecule has 2 N–H and O–H groups in total. The van der Waals surface area contributed by atoms with Crippen LogP contribution in [0.25, 0.3) is 0 Å². The van der Waals surface area contributed by atoms with Gasteiger partial charge in [0.15, 0.2) is 0 Å². The molecule has 2 aliphatic rings. The first-order chi connectivity index (χ1) is 9.70. The Kier molecular flexibility index (Phi) is 5.42. The lowest BCUT2D eigenvalue weighted by molar-refractivity contribution is -0.126. The number of carbonyl (C=O) groups excluding carboxylic acids is 2. The van der Waals surface area contributed by atoms with E-state index in [-0.39, 0.29) is 17.9 Å². The van der Waals surface area contributed by atoms with Gasteiger partial charge in [-0.25, -0.2) is 0 Å². The Morgan fingerprint density at radius 2 is 2.20 bits per heavy atom. The lowest BCUT2D eigenvalue weighted by atomic mass is 9.97. The zero-order valence-corrected chi connectivity index (χ0v) is 12.1. The molecule has 0 aromatic heterocycles. The van der Waals surface area contributed by atoms with E-state index in [1.807, 2.05) is 0 Å². The molecule has 0 aliphatic carbocycles. The van der Waals surface area contributed by atoms with E-state index >= 15 is 0 Å². The minimum absolute atomic E-state index is 0.0257. The SMILES string of the molecule is CC#CC(=O)N1CCCC(CNC(=O)C2CCCN2)C1. The van der Waals surface area contributed by atoms with Gasteiger partial charge in [0.05, 0.1) is 6.04 Å². The van der Waals surface area contributed by atoms with Gasteiger partial charge in [0.1, 0.15) is 0 Å². The fraction of sp³-hybridized carbons (Fsp3) is 0.733. The van der Waals surface area contributed by atoms with Crippen molar-refractivity contribution in [2.45, 2.75) is 38.6 Å². The maximum atomic E-state index is 11.9. The largest absolute Gasteiger partial charge is 0.354 e. The number of piperidine rings is 1. The standard InChI is InChI=1S/C15H23N3O2/c1-2-5-14(19)18-9-4-6-12(11-18)10-17-15(20)13-7-3-8-16-13/h12-13,16H,3-4,6-11H2,1H3,(H,17,20). The minimum atomic E-state index is -0.0963. The summed E-state index contributed by atoms with van der Waals surface area (Å²) in [6.07, 6.45) is 4.04. The van der Waals surface area contributed by atoms with Crippen molar-refractivity contribution in [1.82, 2.24) is 15.5 Å². The first-order valence-corrected chi connectivity index (χ1v) is 7.43. The van der Waals surface area contributed by atoms with Gasteiger partial charge in [0, 0.05) is 19.6 Å². The third-order valence-electron chi connectivity index (χ3n) is 3.98. The van der Waals surface area contributed by atoms with Crippen LogP contribution in [-0.4, -0.2) is 48.9 Å². The van der Waals surface area contributed by atoms with Gasteiger partial charge >= 0.3 is 0 Å². The van der Waals surface area contributed by atoms with E-state index in [1.54, 1.807) is 11.8 Å². The first-order valence-electron chi connectivity index (χ1n) is 7.43. The van der Waals surface area contributed by atoms with E-state index in [0.29, 0.717) is 19.0 Å². The quantitative estimate of drug-likeness (QED) is 0.720. The highest BCUT2D eigenvalue weighted by atomic mass is 16.2. The molecule has 0 saturated carbocycles. The van der Waals surface area contributed by atoms with Crippen LogP contribution in [-0.2, 0) is 9.59 Å². The van der Waals surface area contributed by atoms with Crippen LogP contribution in [0.2, 0.25) is 0 Å². The second-order valence-electron chi connectivity index (χ2n) is 5.53. The molecule has 2 rings (SSSR count). The van der Waals surface area contributed by atoms with Crippen molar-refractivity contribution >= 4 is 11.8 Å². The summed E-state index contributed by atoms with van der Waals surface area (Å²) >= 11 is 0. The molecule has 0 aromatic rings. The molecule has 5 heteroatoms. The molecule has 2 unspecified atom stereocenters. The Bertz CT molecular complexity index is 419. The van der Waals surface area contributed by atoms with Gasteiger partial charge in [0.2, 0.25) is 5.91 Å². The highest BCUT2D eigenvalue weighted by Crippen LogP contribution is 2.16. The van der Waals surface area contributed by atoms with Crippen molar-refractivity contribution in [3.63, 3.8) is 0 Å². The fourth-order valence-corrected chi connectivity index (χ4v) is 2.88. The van der Waals surface area contributed by atoms with Crippen LogP contribution in [0.1, 0.15) is 32.6 Å². The molecular weight excluding hydrogens is 254 g/mol. The number of hydrogen-bond acceptors (Lipinski definition) is 3. The van der Waals surface area contributed by atoms with Gasteiger partial charge in [0.25, 0.3) is 5.91 Å². The van der Waals surface area contributed by atoms with E-state index in [0.717, 1.165) is 38.8 Å². The summed E-state index contributed by atoms with van der Waals surface area (Å²) in [6, 6.07) is -0.0257. The third kappa shape index (κ3) is 3.97. The molecule has 20 heavy (non-hydrogen) atoms. The summed E-state index contributed by atoms with van der Waals surface area (Å²) in [4.78, 5) is 25.5. The second kappa shape index (κ2) is 7.30. The molecule has 0 aromatic carbocycles. The van der Waals surface area contributed by atoms with Crippen LogP contribution in [0.4, 0.5) is 0 Å². The first kappa shape index (κ1) is 14.9. The van der Waals surface area contributed by atoms with Gasteiger partial charge in [-0.05, 0) is 51.0 Å². The lowest BCUT2D eigenvalue weighted by Gasteiger charge is -2.31. The Labute approximate surface area is 120 Å². The maximum Gasteiger partial charge on any atom is 0.298 e. The molecule has 2 fully saturated rings. The number of nitrogens with zero attached hydrogens (tertiary/aromatic N) is 1. The normalized spacial score (nSPS) is 25.8. The minimum Gasteiger partial charge on any atom is -0.354 e. The Hall–Kier alpha value is -1.54. The maximum absolute atomic E-state index is 11.9. The smallest absolute Gasteiger partial charge is 0.298 e. The topological polar surface area (TPSA) is 61.4 Å².